The highest BCUT2D eigenvalue weighted by Gasteiger charge is 2.20. The van der Waals surface area contributed by atoms with Gasteiger partial charge in [0.1, 0.15) is 0 Å². The van der Waals surface area contributed by atoms with Crippen molar-refractivity contribution in [3.63, 3.8) is 0 Å². The number of amides is 1. The second-order valence-electron chi connectivity index (χ2n) is 8.36. The van der Waals surface area contributed by atoms with E-state index in [1.165, 1.54) is 0 Å². The Labute approximate surface area is 172 Å². The standard InChI is InChI=1S/C22H30ClN3O2/c1-15-11-18(16(2)26(15)12-17-9-7-8-10-19(17)23)20(27)13-25(6)14-21(28)24-22(3,4)5/h7-11H,12-14H2,1-6H3,(H,24,28). The highest BCUT2D eigenvalue weighted by atomic mass is 35.5. The number of carbonyl (C=O) groups is 2. The second kappa shape index (κ2) is 8.93. The van der Waals surface area contributed by atoms with Crippen LogP contribution in [-0.4, -0.2) is 46.8 Å². The quantitative estimate of drug-likeness (QED) is 0.714. The molecule has 28 heavy (non-hydrogen) atoms. The minimum Gasteiger partial charge on any atom is -0.350 e. The fourth-order valence-corrected chi connectivity index (χ4v) is 3.41. The number of hydrogen-bond acceptors (Lipinski definition) is 3. The van der Waals surface area contributed by atoms with Gasteiger partial charge in [0.05, 0.1) is 13.1 Å². The van der Waals surface area contributed by atoms with Crippen LogP contribution in [0.15, 0.2) is 30.3 Å². The Hall–Kier alpha value is -2.11. The van der Waals surface area contributed by atoms with Gasteiger partial charge >= 0.3 is 0 Å². The van der Waals surface area contributed by atoms with E-state index < -0.39 is 0 Å². The van der Waals surface area contributed by atoms with Crippen LogP contribution in [0.5, 0.6) is 0 Å². The molecule has 0 bridgehead atoms. The van der Waals surface area contributed by atoms with Crippen molar-refractivity contribution in [3.8, 4) is 0 Å². The smallest absolute Gasteiger partial charge is 0.234 e. The maximum absolute atomic E-state index is 12.8. The lowest BCUT2D eigenvalue weighted by Gasteiger charge is -2.23. The molecule has 0 aliphatic heterocycles. The molecule has 0 radical (unpaired) electrons. The Morgan fingerprint density at radius 1 is 1.14 bits per heavy atom. The summed E-state index contributed by atoms with van der Waals surface area (Å²) in [5, 5.41) is 3.63. The third-order valence-corrected chi connectivity index (χ3v) is 4.87. The molecule has 6 heteroatoms. The number of Topliss-reactive ketones (excluding diaryl/α,β-unsaturated/α-hetero) is 1. The molecule has 1 amide bonds. The van der Waals surface area contributed by atoms with Crippen molar-refractivity contribution in [2.45, 2.75) is 46.7 Å². The molecule has 0 saturated carbocycles. The molecule has 0 saturated heterocycles. The van der Waals surface area contributed by atoms with E-state index in [0.29, 0.717) is 17.1 Å². The Morgan fingerprint density at radius 2 is 1.79 bits per heavy atom. The van der Waals surface area contributed by atoms with E-state index in [2.05, 4.69) is 9.88 Å². The lowest BCUT2D eigenvalue weighted by atomic mass is 10.1. The summed E-state index contributed by atoms with van der Waals surface area (Å²) in [6.45, 7) is 10.7. The first-order chi connectivity index (χ1) is 13.0. The molecular weight excluding hydrogens is 374 g/mol. The van der Waals surface area contributed by atoms with Gasteiger partial charge in [-0.3, -0.25) is 14.5 Å². The highest BCUT2D eigenvalue weighted by Crippen LogP contribution is 2.21. The molecule has 0 fully saturated rings. The molecule has 5 nitrogen and oxygen atoms in total. The maximum Gasteiger partial charge on any atom is 0.234 e. The summed E-state index contributed by atoms with van der Waals surface area (Å²) in [7, 11) is 1.78. The van der Waals surface area contributed by atoms with Crippen LogP contribution < -0.4 is 5.32 Å². The van der Waals surface area contributed by atoms with Crippen molar-refractivity contribution in [2.24, 2.45) is 0 Å². The molecule has 152 valence electrons. The SMILES string of the molecule is Cc1cc(C(=O)CN(C)CC(=O)NC(C)(C)C)c(C)n1Cc1ccccc1Cl. The first-order valence-corrected chi connectivity index (χ1v) is 9.78. The van der Waals surface area contributed by atoms with Gasteiger partial charge in [-0.25, -0.2) is 0 Å². The number of halogens is 1. The van der Waals surface area contributed by atoms with E-state index in [1.807, 2.05) is 65.0 Å². The fraction of sp³-hybridized carbons (Fsp3) is 0.455. The van der Waals surface area contributed by atoms with E-state index in [0.717, 1.165) is 17.0 Å². The normalized spacial score (nSPS) is 11.7. The van der Waals surface area contributed by atoms with Crippen LogP contribution in [0.25, 0.3) is 0 Å². The van der Waals surface area contributed by atoms with Gasteiger partial charge in [0.25, 0.3) is 0 Å². The van der Waals surface area contributed by atoms with Crippen LogP contribution in [0.1, 0.15) is 48.1 Å². The molecule has 1 aromatic carbocycles. The van der Waals surface area contributed by atoms with Crippen LogP contribution in [0.2, 0.25) is 5.02 Å². The summed E-state index contributed by atoms with van der Waals surface area (Å²) in [5.41, 5.74) is 3.34. The molecule has 1 N–H and O–H groups in total. The van der Waals surface area contributed by atoms with Crippen LogP contribution >= 0.6 is 11.6 Å². The molecule has 0 unspecified atom stereocenters. The lowest BCUT2D eigenvalue weighted by molar-refractivity contribution is -0.123. The summed E-state index contributed by atoms with van der Waals surface area (Å²) in [4.78, 5) is 26.6. The number of hydrogen-bond donors (Lipinski definition) is 1. The maximum atomic E-state index is 12.8. The minimum atomic E-state index is -0.286. The lowest BCUT2D eigenvalue weighted by Crippen LogP contribution is -2.45. The summed E-state index contributed by atoms with van der Waals surface area (Å²) in [6.07, 6.45) is 0. The van der Waals surface area contributed by atoms with Crippen molar-refractivity contribution in [2.75, 3.05) is 20.1 Å². The summed E-state index contributed by atoms with van der Waals surface area (Å²) in [6, 6.07) is 9.64. The number of nitrogens with zero attached hydrogens (tertiary/aromatic N) is 2. The zero-order valence-electron chi connectivity index (χ0n) is 17.6. The van der Waals surface area contributed by atoms with Crippen molar-refractivity contribution < 1.29 is 9.59 Å². The van der Waals surface area contributed by atoms with E-state index >= 15 is 0 Å². The minimum absolute atomic E-state index is 0.00423. The third-order valence-electron chi connectivity index (χ3n) is 4.50. The predicted molar refractivity (Wildman–Crippen MR) is 114 cm³/mol. The number of ketones is 1. The Morgan fingerprint density at radius 3 is 2.39 bits per heavy atom. The molecule has 0 spiro atoms. The largest absolute Gasteiger partial charge is 0.350 e. The number of aryl methyl sites for hydroxylation is 1. The van der Waals surface area contributed by atoms with Crippen LogP contribution in [0, 0.1) is 13.8 Å². The Kier molecular flexibility index (Phi) is 7.07. The van der Waals surface area contributed by atoms with Crippen LogP contribution in [0.4, 0.5) is 0 Å². The molecular formula is C22H30ClN3O2. The van der Waals surface area contributed by atoms with E-state index in [9.17, 15) is 9.59 Å². The van der Waals surface area contributed by atoms with Crippen LogP contribution in [0.3, 0.4) is 0 Å². The Balaban J connectivity index is 2.08. The van der Waals surface area contributed by atoms with E-state index in [4.69, 9.17) is 11.6 Å². The van der Waals surface area contributed by atoms with Gasteiger partial charge in [-0.05, 0) is 59.4 Å². The molecule has 2 rings (SSSR count). The van der Waals surface area contributed by atoms with Gasteiger partial charge in [0.15, 0.2) is 5.78 Å². The van der Waals surface area contributed by atoms with E-state index in [1.54, 1.807) is 11.9 Å². The third kappa shape index (κ3) is 5.94. The second-order valence-corrected chi connectivity index (χ2v) is 8.76. The first kappa shape index (κ1) is 22.2. The summed E-state index contributed by atoms with van der Waals surface area (Å²) in [5.74, 6) is -0.0865. The van der Waals surface area contributed by atoms with Gasteiger partial charge in [-0.1, -0.05) is 29.8 Å². The van der Waals surface area contributed by atoms with Crippen molar-refractivity contribution in [3.05, 3.63) is 57.9 Å². The predicted octanol–water partition coefficient (Wildman–Crippen LogP) is 3.84. The summed E-state index contributed by atoms with van der Waals surface area (Å²) >= 11 is 6.29. The van der Waals surface area contributed by atoms with E-state index in [-0.39, 0.29) is 30.3 Å². The van der Waals surface area contributed by atoms with Gasteiger partial charge in [0.2, 0.25) is 5.91 Å². The van der Waals surface area contributed by atoms with Gasteiger partial charge in [-0.15, -0.1) is 0 Å². The number of benzene rings is 1. The van der Waals surface area contributed by atoms with Crippen molar-refractivity contribution in [1.82, 2.24) is 14.8 Å². The average molecular weight is 404 g/mol. The number of carbonyl (C=O) groups excluding carboxylic acids is 2. The number of likely N-dealkylation sites (N-methyl/N-ethyl adjacent to an activating group) is 1. The zero-order valence-corrected chi connectivity index (χ0v) is 18.4. The number of nitrogens with one attached hydrogen (secondary N) is 1. The molecule has 0 aliphatic rings. The first-order valence-electron chi connectivity index (χ1n) is 9.41. The molecule has 2 aromatic rings. The average Bonchev–Trinajstić information content (AvgIpc) is 2.83. The van der Waals surface area contributed by atoms with Gasteiger partial charge in [0, 0.05) is 34.1 Å². The summed E-state index contributed by atoms with van der Waals surface area (Å²) < 4.78 is 2.10. The number of rotatable bonds is 7. The zero-order chi connectivity index (χ0) is 21.1. The fourth-order valence-electron chi connectivity index (χ4n) is 3.21. The molecule has 1 aromatic heterocycles. The number of aromatic nitrogens is 1. The molecule has 0 aliphatic carbocycles. The monoisotopic (exact) mass is 403 g/mol. The van der Waals surface area contributed by atoms with Gasteiger partial charge < -0.3 is 9.88 Å². The van der Waals surface area contributed by atoms with Crippen LogP contribution in [-0.2, 0) is 11.3 Å². The molecule has 1 heterocycles. The highest BCUT2D eigenvalue weighted by molar-refractivity contribution is 6.31. The van der Waals surface area contributed by atoms with Gasteiger partial charge in [-0.2, -0.15) is 0 Å². The van der Waals surface area contributed by atoms with Crippen molar-refractivity contribution in [1.29, 1.82) is 0 Å². The topological polar surface area (TPSA) is 54.3 Å². The molecule has 0 atom stereocenters. The van der Waals surface area contributed by atoms with Crippen molar-refractivity contribution >= 4 is 23.3 Å². The Bertz CT molecular complexity index is 865.